The first-order chi connectivity index (χ1) is 7.70. The van der Waals surface area contributed by atoms with Crippen molar-refractivity contribution in [2.75, 3.05) is 0 Å². The zero-order chi connectivity index (χ0) is 12.0. The van der Waals surface area contributed by atoms with Crippen LogP contribution in [-0.4, -0.2) is 0 Å². The minimum absolute atomic E-state index is 1.10. The second kappa shape index (κ2) is 5.92. The van der Waals surface area contributed by atoms with Gasteiger partial charge in [0.1, 0.15) is 0 Å². The van der Waals surface area contributed by atoms with Crippen LogP contribution in [0.1, 0.15) is 22.3 Å². The van der Waals surface area contributed by atoms with Gasteiger partial charge in [-0.2, -0.15) is 0 Å². The van der Waals surface area contributed by atoms with E-state index in [9.17, 15) is 0 Å². The van der Waals surface area contributed by atoms with Crippen molar-refractivity contribution in [2.45, 2.75) is 13.8 Å². The van der Waals surface area contributed by atoms with Crippen molar-refractivity contribution in [1.82, 2.24) is 0 Å². The van der Waals surface area contributed by atoms with Crippen molar-refractivity contribution in [3.05, 3.63) is 71.8 Å². The van der Waals surface area contributed by atoms with Crippen LogP contribution >= 0.6 is 0 Å². The Bertz CT molecular complexity index is 452. The lowest BCUT2D eigenvalue weighted by Gasteiger charge is -2.04. The predicted molar refractivity (Wildman–Crippen MR) is 73.7 cm³/mol. The van der Waals surface area contributed by atoms with E-state index in [1.807, 2.05) is 36.4 Å². The molecule has 0 aliphatic rings. The molecule has 1 aromatic carbocycles. The SMILES string of the molecule is C=Cc1ccccccc(C)c(C)c1C=C. The van der Waals surface area contributed by atoms with Gasteiger partial charge in [0.2, 0.25) is 0 Å². The summed E-state index contributed by atoms with van der Waals surface area (Å²) in [4.78, 5) is 0. The summed E-state index contributed by atoms with van der Waals surface area (Å²) in [6.07, 6.45) is 3.75. The first-order valence-electron chi connectivity index (χ1n) is 5.39. The van der Waals surface area contributed by atoms with Crippen LogP contribution < -0.4 is 0 Å². The summed E-state index contributed by atoms with van der Waals surface area (Å²) in [6, 6.07) is 12.2. The third kappa shape index (κ3) is 2.83. The molecule has 0 heterocycles. The van der Waals surface area contributed by atoms with Crippen molar-refractivity contribution in [2.24, 2.45) is 0 Å². The summed E-state index contributed by atoms with van der Waals surface area (Å²) in [5.74, 6) is 0. The van der Waals surface area contributed by atoms with Crippen molar-refractivity contribution < 1.29 is 0 Å². The Balaban J connectivity index is 3.72. The molecule has 16 heavy (non-hydrogen) atoms. The Kier molecular flexibility index (Phi) is 4.53. The zero-order valence-electron chi connectivity index (χ0n) is 10.0. The third-order valence-corrected chi connectivity index (χ3v) is 2.69. The quantitative estimate of drug-likeness (QED) is 0.663. The van der Waals surface area contributed by atoms with Gasteiger partial charge in [0.15, 0.2) is 0 Å². The molecule has 0 heteroatoms. The first-order valence-corrected chi connectivity index (χ1v) is 5.39. The second-order valence-electron chi connectivity index (χ2n) is 3.69. The monoisotopic (exact) mass is 210 g/mol. The Labute approximate surface area is 98.3 Å². The predicted octanol–water partition coefficient (Wildman–Crippen LogP) is 4.71. The van der Waals surface area contributed by atoms with Gasteiger partial charge in [0.05, 0.1) is 0 Å². The molecular weight excluding hydrogens is 192 g/mol. The molecule has 0 fully saturated rings. The van der Waals surface area contributed by atoms with Crippen LogP contribution in [0.3, 0.4) is 0 Å². The van der Waals surface area contributed by atoms with Gasteiger partial charge in [-0.05, 0) is 36.1 Å². The molecule has 0 saturated carbocycles. The number of rotatable bonds is 2. The second-order valence-corrected chi connectivity index (χ2v) is 3.69. The topological polar surface area (TPSA) is 0 Å². The molecule has 0 amide bonds. The van der Waals surface area contributed by atoms with Gasteiger partial charge in [-0.1, -0.05) is 61.7 Å². The van der Waals surface area contributed by atoms with E-state index in [-0.39, 0.29) is 0 Å². The molecule has 0 radical (unpaired) electrons. The molecule has 0 aliphatic heterocycles. The summed E-state index contributed by atoms with van der Waals surface area (Å²) in [5.41, 5.74) is 4.73. The molecule has 0 atom stereocenters. The van der Waals surface area contributed by atoms with E-state index in [1.165, 1.54) is 11.1 Å². The summed E-state index contributed by atoms with van der Waals surface area (Å²) in [7, 11) is 0. The van der Waals surface area contributed by atoms with E-state index in [0.29, 0.717) is 0 Å². The minimum Gasteiger partial charge on any atom is -0.0984 e. The smallest absolute Gasteiger partial charge is 0.0158 e. The van der Waals surface area contributed by atoms with Crippen LogP contribution in [0.2, 0.25) is 0 Å². The van der Waals surface area contributed by atoms with Crippen LogP contribution in [-0.2, 0) is 0 Å². The lowest BCUT2D eigenvalue weighted by atomic mass is 10.0. The number of hydrogen-bond acceptors (Lipinski definition) is 0. The number of hydrogen-bond donors (Lipinski definition) is 0. The van der Waals surface area contributed by atoms with Crippen molar-refractivity contribution >= 4 is 12.2 Å². The van der Waals surface area contributed by atoms with Gasteiger partial charge >= 0.3 is 0 Å². The molecule has 82 valence electrons. The van der Waals surface area contributed by atoms with Crippen molar-refractivity contribution in [3.8, 4) is 0 Å². The van der Waals surface area contributed by atoms with Gasteiger partial charge in [0, 0.05) is 0 Å². The van der Waals surface area contributed by atoms with Crippen molar-refractivity contribution in [3.63, 3.8) is 0 Å². The van der Waals surface area contributed by atoms with E-state index >= 15 is 0 Å². The molecule has 1 rings (SSSR count). The molecular formula is C16H18. The molecule has 0 saturated heterocycles. The normalized spacial score (nSPS) is 9.12. The lowest BCUT2D eigenvalue weighted by Crippen LogP contribution is -1.85. The summed E-state index contributed by atoms with van der Waals surface area (Å²) < 4.78 is 0. The van der Waals surface area contributed by atoms with E-state index in [2.05, 4.69) is 39.1 Å². The highest BCUT2D eigenvalue weighted by Gasteiger charge is 1.97. The summed E-state index contributed by atoms with van der Waals surface area (Å²) in [5, 5.41) is 0. The average molecular weight is 210 g/mol. The largest absolute Gasteiger partial charge is 0.0984 e. The van der Waals surface area contributed by atoms with Crippen LogP contribution in [0.15, 0.2) is 49.6 Å². The fourth-order valence-corrected chi connectivity index (χ4v) is 1.58. The van der Waals surface area contributed by atoms with E-state index in [4.69, 9.17) is 0 Å². The molecule has 0 N–H and O–H groups in total. The van der Waals surface area contributed by atoms with Crippen LogP contribution in [0.4, 0.5) is 0 Å². The maximum absolute atomic E-state index is 3.88. The maximum Gasteiger partial charge on any atom is -0.0158 e. The average Bonchev–Trinajstić information content (AvgIpc) is 2.30. The Hall–Kier alpha value is -1.82. The highest BCUT2D eigenvalue weighted by molar-refractivity contribution is 5.65. The van der Waals surface area contributed by atoms with Gasteiger partial charge in [0.25, 0.3) is 0 Å². The molecule has 0 nitrogen and oxygen atoms in total. The zero-order valence-corrected chi connectivity index (χ0v) is 10.0. The summed E-state index contributed by atoms with van der Waals surface area (Å²) in [6.45, 7) is 11.9. The number of aryl methyl sites for hydroxylation is 1. The van der Waals surface area contributed by atoms with Crippen molar-refractivity contribution in [1.29, 1.82) is 0 Å². The molecule has 0 aromatic heterocycles. The van der Waals surface area contributed by atoms with E-state index < -0.39 is 0 Å². The third-order valence-electron chi connectivity index (χ3n) is 2.69. The lowest BCUT2D eigenvalue weighted by molar-refractivity contribution is 1.34. The fraction of sp³-hybridized carbons (Fsp3) is 0.125. The fourth-order valence-electron chi connectivity index (χ4n) is 1.58. The minimum atomic E-state index is 1.10. The molecule has 0 unspecified atom stereocenters. The maximum atomic E-state index is 3.88. The molecule has 0 bridgehead atoms. The van der Waals surface area contributed by atoms with Gasteiger partial charge in [-0.25, -0.2) is 0 Å². The highest BCUT2D eigenvalue weighted by Crippen LogP contribution is 2.16. The molecule has 0 spiro atoms. The van der Waals surface area contributed by atoms with Gasteiger partial charge < -0.3 is 0 Å². The van der Waals surface area contributed by atoms with Crippen LogP contribution in [0.5, 0.6) is 0 Å². The summed E-state index contributed by atoms with van der Waals surface area (Å²) >= 11 is 0. The Morgan fingerprint density at radius 2 is 1.50 bits per heavy atom. The Morgan fingerprint density at radius 1 is 0.875 bits per heavy atom. The standard InChI is InChI=1S/C16H18/c1-5-15-12-10-8-7-9-11-13(3)14(4)16(15)6-2/h5-12H,1-2H2,3-4H3. The van der Waals surface area contributed by atoms with Crippen LogP contribution in [0, 0.1) is 13.8 Å². The van der Waals surface area contributed by atoms with Gasteiger partial charge in [-0.15, -0.1) is 0 Å². The van der Waals surface area contributed by atoms with Crippen LogP contribution in [0.25, 0.3) is 12.2 Å². The highest BCUT2D eigenvalue weighted by atomic mass is 14.0. The molecule has 1 aromatic rings. The van der Waals surface area contributed by atoms with Gasteiger partial charge in [-0.3, -0.25) is 0 Å². The van der Waals surface area contributed by atoms with E-state index in [0.717, 1.165) is 11.1 Å². The van der Waals surface area contributed by atoms with E-state index in [1.54, 1.807) is 0 Å². The molecule has 0 aliphatic carbocycles. The first kappa shape index (κ1) is 12.3. The Morgan fingerprint density at radius 3 is 2.06 bits per heavy atom.